The summed E-state index contributed by atoms with van der Waals surface area (Å²) < 4.78 is 19.1. The van der Waals surface area contributed by atoms with Crippen molar-refractivity contribution in [2.45, 2.75) is 13.0 Å². The van der Waals surface area contributed by atoms with Crippen LogP contribution in [0.5, 0.6) is 0 Å². The van der Waals surface area contributed by atoms with Gasteiger partial charge in [0.1, 0.15) is 17.2 Å². The Balaban J connectivity index is 2.06. The van der Waals surface area contributed by atoms with Crippen molar-refractivity contribution in [3.8, 4) is 0 Å². The molecule has 0 saturated heterocycles. The molecule has 1 aromatic heterocycles. The van der Waals surface area contributed by atoms with E-state index in [9.17, 15) is 4.39 Å². The third-order valence-electron chi connectivity index (χ3n) is 3.59. The molecule has 1 atom stereocenters. The smallest absolute Gasteiger partial charge is 0.134 e. The maximum Gasteiger partial charge on any atom is 0.134 e. The Bertz CT molecular complexity index is 797. The molecule has 1 unspecified atom stereocenters. The van der Waals surface area contributed by atoms with E-state index in [1.165, 1.54) is 12.1 Å². The second-order valence-electron chi connectivity index (χ2n) is 5.06. The second kappa shape index (κ2) is 5.51. The van der Waals surface area contributed by atoms with E-state index >= 15 is 0 Å². The van der Waals surface area contributed by atoms with Gasteiger partial charge in [0.2, 0.25) is 0 Å². The summed E-state index contributed by atoms with van der Waals surface area (Å²) >= 11 is 6.07. The first-order valence-electron chi connectivity index (χ1n) is 6.71. The van der Waals surface area contributed by atoms with Crippen LogP contribution in [0.4, 0.5) is 4.39 Å². The van der Waals surface area contributed by atoms with Gasteiger partial charge in [-0.2, -0.15) is 0 Å². The Kier molecular flexibility index (Phi) is 3.70. The number of benzene rings is 2. The minimum absolute atomic E-state index is 0.101. The third-order valence-corrected chi connectivity index (χ3v) is 4.01. The molecule has 21 heavy (non-hydrogen) atoms. The molecule has 0 aliphatic heterocycles. The molecular weight excluding hydrogens is 289 g/mol. The zero-order valence-corrected chi connectivity index (χ0v) is 12.5. The van der Waals surface area contributed by atoms with E-state index in [4.69, 9.17) is 16.0 Å². The second-order valence-corrected chi connectivity index (χ2v) is 5.47. The standard InChI is InChI=1S/C17H15ClFNO/c1-10-7-11(3-5-14(10)18)17(20-2)16-9-12-8-13(19)4-6-15(12)21-16/h3-9,17,20H,1-2H3. The van der Waals surface area contributed by atoms with Crippen molar-refractivity contribution in [1.29, 1.82) is 0 Å². The fourth-order valence-electron chi connectivity index (χ4n) is 2.50. The van der Waals surface area contributed by atoms with Gasteiger partial charge in [0.25, 0.3) is 0 Å². The van der Waals surface area contributed by atoms with Crippen molar-refractivity contribution in [2.75, 3.05) is 7.05 Å². The molecule has 3 aromatic rings. The Morgan fingerprint density at radius 3 is 2.67 bits per heavy atom. The SMILES string of the molecule is CNC(c1ccc(Cl)c(C)c1)c1cc2cc(F)ccc2o1. The van der Waals surface area contributed by atoms with Gasteiger partial charge in [-0.1, -0.05) is 23.7 Å². The number of halogens is 2. The van der Waals surface area contributed by atoms with Crippen LogP contribution in [0.15, 0.2) is 46.9 Å². The highest BCUT2D eigenvalue weighted by Gasteiger charge is 2.17. The minimum Gasteiger partial charge on any atom is -0.459 e. The number of aryl methyl sites for hydroxylation is 1. The van der Waals surface area contributed by atoms with Gasteiger partial charge in [0.05, 0.1) is 6.04 Å². The van der Waals surface area contributed by atoms with E-state index in [1.807, 2.05) is 38.2 Å². The van der Waals surface area contributed by atoms with E-state index < -0.39 is 0 Å². The number of rotatable bonds is 3. The molecular formula is C17H15ClFNO. The molecule has 0 saturated carbocycles. The summed E-state index contributed by atoms with van der Waals surface area (Å²) in [5.41, 5.74) is 2.74. The van der Waals surface area contributed by atoms with E-state index in [2.05, 4.69) is 5.32 Å². The van der Waals surface area contributed by atoms with Gasteiger partial charge in [0.15, 0.2) is 0 Å². The average molecular weight is 304 g/mol. The van der Waals surface area contributed by atoms with Gasteiger partial charge in [-0.15, -0.1) is 0 Å². The van der Waals surface area contributed by atoms with Crippen molar-refractivity contribution in [2.24, 2.45) is 0 Å². The number of hydrogen-bond acceptors (Lipinski definition) is 2. The summed E-state index contributed by atoms with van der Waals surface area (Å²) in [6.07, 6.45) is 0. The Hall–Kier alpha value is -1.84. The lowest BCUT2D eigenvalue weighted by atomic mass is 10.0. The lowest BCUT2D eigenvalue weighted by Gasteiger charge is -2.15. The topological polar surface area (TPSA) is 25.2 Å². The monoisotopic (exact) mass is 303 g/mol. The molecule has 0 bridgehead atoms. The minimum atomic E-state index is -0.266. The average Bonchev–Trinajstić information content (AvgIpc) is 2.86. The summed E-state index contributed by atoms with van der Waals surface area (Å²) in [4.78, 5) is 0. The Labute approximate surface area is 127 Å². The number of nitrogens with one attached hydrogen (secondary N) is 1. The summed E-state index contributed by atoms with van der Waals surface area (Å²) in [6, 6.07) is 12.1. The Morgan fingerprint density at radius 2 is 1.95 bits per heavy atom. The van der Waals surface area contributed by atoms with Crippen molar-refractivity contribution in [1.82, 2.24) is 5.32 Å². The van der Waals surface area contributed by atoms with Crippen LogP contribution in [-0.2, 0) is 0 Å². The molecule has 4 heteroatoms. The van der Waals surface area contributed by atoms with Crippen molar-refractivity contribution < 1.29 is 8.81 Å². The lowest BCUT2D eigenvalue weighted by molar-refractivity contribution is 0.491. The van der Waals surface area contributed by atoms with Gasteiger partial charge in [-0.3, -0.25) is 0 Å². The molecule has 108 valence electrons. The van der Waals surface area contributed by atoms with Crippen molar-refractivity contribution >= 4 is 22.6 Å². The first-order chi connectivity index (χ1) is 10.1. The van der Waals surface area contributed by atoms with E-state index in [-0.39, 0.29) is 11.9 Å². The zero-order valence-electron chi connectivity index (χ0n) is 11.8. The number of fused-ring (bicyclic) bond motifs is 1. The van der Waals surface area contributed by atoms with Crippen LogP contribution >= 0.6 is 11.6 Å². The first kappa shape index (κ1) is 14.1. The van der Waals surface area contributed by atoms with E-state index in [1.54, 1.807) is 6.07 Å². The van der Waals surface area contributed by atoms with Gasteiger partial charge in [-0.05, 0) is 55.4 Å². The molecule has 0 radical (unpaired) electrons. The predicted octanol–water partition coefficient (Wildman–Crippen LogP) is 4.84. The van der Waals surface area contributed by atoms with Crippen LogP contribution in [0.3, 0.4) is 0 Å². The zero-order chi connectivity index (χ0) is 15.0. The molecule has 3 rings (SSSR count). The van der Waals surface area contributed by atoms with Crippen LogP contribution in [0.2, 0.25) is 5.02 Å². The van der Waals surface area contributed by atoms with Gasteiger partial charge in [0, 0.05) is 10.4 Å². The number of furan rings is 1. The van der Waals surface area contributed by atoms with Crippen LogP contribution in [0.1, 0.15) is 22.9 Å². The van der Waals surface area contributed by atoms with Crippen LogP contribution in [-0.4, -0.2) is 7.05 Å². The predicted molar refractivity (Wildman–Crippen MR) is 83.3 cm³/mol. The van der Waals surface area contributed by atoms with Crippen LogP contribution < -0.4 is 5.32 Å². The van der Waals surface area contributed by atoms with Gasteiger partial charge >= 0.3 is 0 Å². The number of hydrogen-bond donors (Lipinski definition) is 1. The Morgan fingerprint density at radius 1 is 1.14 bits per heavy atom. The largest absolute Gasteiger partial charge is 0.459 e. The highest BCUT2D eigenvalue weighted by Crippen LogP contribution is 2.30. The molecule has 0 aliphatic rings. The normalized spacial score (nSPS) is 12.8. The van der Waals surface area contributed by atoms with Gasteiger partial charge < -0.3 is 9.73 Å². The van der Waals surface area contributed by atoms with E-state index in [0.717, 1.165) is 27.3 Å². The van der Waals surface area contributed by atoms with E-state index in [0.29, 0.717) is 5.58 Å². The molecule has 0 aliphatic carbocycles. The molecule has 1 heterocycles. The summed E-state index contributed by atoms with van der Waals surface area (Å²) in [5.74, 6) is 0.484. The van der Waals surface area contributed by atoms with Gasteiger partial charge in [-0.25, -0.2) is 4.39 Å². The molecule has 2 aromatic carbocycles. The molecule has 0 fully saturated rings. The quantitative estimate of drug-likeness (QED) is 0.749. The fraction of sp³-hybridized carbons (Fsp3) is 0.176. The molecule has 0 spiro atoms. The first-order valence-corrected chi connectivity index (χ1v) is 7.08. The summed E-state index contributed by atoms with van der Waals surface area (Å²) in [5, 5.41) is 4.72. The highest BCUT2D eigenvalue weighted by molar-refractivity contribution is 6.31. The van der Waals surface area contributed by atoms with Crippen molar-refractivity contribution in [3.63, 3.8) is 0 Å². The maximum absolute atomic E-state index is 13.3. The molecule has 0 amide bonds. The summed E-state index contributed by atoms with van der Waals surface area (Å²) in [7, 11) is 1.86. The molecule has 2 nitrogen and oxygen atoms in total. The highest BCUT2D eigenvalue weighted by atomic mass is 35.5. The van der Waals surface area contributed by atoms with Crippen molar-refractivity contribution in [3.05, 3.63) is 70.2 Å². The molecule has 1 N–H and O–H groups in total. The third kappa shape index (κ3) is 2.67. The fourth-order valence-corrected chi connectivity index (χ4v) is 2.62. The van der Waals surface area contributed by atoms with Crippen LogP contribution in [0.25, 0.3) is 11.0 Å². The summed E-state index contributed by atoms with van der Waals surface area (Å²) in [6.45, 7) is 1.96. The maximum atomic E-state index is 13.3. The van der Waals surface area contributed by atoms with Crippen LogP contribution in [0, 0.1) is 12.7 Å². The lowest BCUT2D eigenvalue weighted by Crippen LogP contribution is -2.17.